The third kappa shape index (κ3) is 3.77. The minimum absolute atomic E-state index is 0.0474. The molecule has 27 heavy (non-hydrogen) atoms. The van der Waals surface area contributed by atoms with Crippen molar-refractivity contribution in [1.82, 2.24) is 10.2 Å². The Morgan fingerprint density at radius 2 is 1.44 bits per heavy atom. The second-order valence-electron chi connectivity index (χ2n) is 6.15. The normalized spacial score (nSPS) is 15.7. The largest absolute Gasteiger partial charge is 0.481 e. The maximum Gasteiger partial charge on any atom is 0.325 e. The van der Waals surface area contributed by atoms with Crippen LogP contribution in [0.2, 0.25) is 0 Å². The number of aliphatic carboxylic acids is 1. The van der Waals surface area contributed by atoms with E-state index in [0.29, 0.717) is 11.1 Å². The van der Waals surface area contributed by atoms with E-state index in [1.807, 2.05) is 24.3 Å². The minimum Gasteiger partial charge on any atom is -0.481 e. The van der Waals surface area contributed by atoms with Crippen molar-refractivity contribution in [2.24, 2.45) is 0 Å². The number of imide groups is 1. The van der Waals surface area contributed by atoms with Gasteiger partial charge in [0.1, 0.15) is 0 Å². The van der Waals surface area contributed by atoms with Crippen molar-refractivity contribution in [1.29, 1.82) is 0 Å². The number of hydrogen-bond donors (Lipinski definition) is 2. The molecule has 1 aliphatic heterocycles. The van der Waals surface area contributed by atoms with Crippen LogP contribution >= 0.6 is 31.9 Å². The van der Waals surface area contributed by atoms with E-state index in [1.165, 1.54) is 0 Å². The zero-order chi connectivity index (χ0) is 19.6. The highest BCUT2D eigenvalue weighted by molar-refractivity contribution is 9.10. The Kier molecular flexibility index (Phi) is 5.67. The highest BCUT2D eigenvalue weighted by Gasteiger charge is 2.53. The summed E-state index contributed by atoms with van der Waals surface area (Å²) in [7, 11) is 0. The topological polar surface area (TPSA) is 86.7 Å². The molecule has 6 nitrogen and oxygen atoms in total. The number of carboxylic acids is 1. The van der Waals surface area contributed by atoms with Gasteiger partial charge in [0, 0.05) is 21.9 Å². The Labute approximate surface area is 172 Å². The quantitative estimate of drug-likeness (QED) is 0.595. The molecule has 1 fully saturated rings. The lowest BCUT2D eigenvalue weighted by molar-refractivity contribution is -0.137. The molecule has 0 spiro atoms. The Morgan fingerprint density at radius 3 is 1.89 bits per heavy atom. The molecule has 2 aromatic rings. The van der Waals surface area contributed by atoms with Crippen LogP contribution in [0, 0.1) is 0 Å². The van der Waals surface area contributed by atoms with Crippen LogP contribution in [-0.4, -0.2) is 34.5 Å². The van der Waals surface area contributed by atoms with Crippen molar-refractivity contribution in [3.63, 3.8) is 0 Å². The summed E-state index contributed by atoms with van der Waals surface area (Å²) < 4.78 is 1.71. The van der Waals surface area contributed by atoms with Crippen LogP contribution in [0.4, 0.5) is 4.79 Å². The van der Waals surface area contributed by atoms with Crippen molar-refractivity contribution in [3.05, 3.63) is 68.6 Å². The Bertz CT molecular complexity index is 836. The van der Waals surface area contributed by atoms with Crippen molar-refractivity contribution in [2.75, 3.05) is 6.54 Å². The average Bonchev–Trinajstić information content (AvgIpc) is 2.88. The first-order valence-corrected chi connectivity index (χ1v) is 9.81. The summed E-state index contributed by atoms with van der Waals surface area (Å²) in [6.45, 7) is 0.0474. The molecule has 0 unspecified atom stereocenters. The van der Waals surface area contributed by atoms with Gasteiger partial charge in [-0.2, -0.15) is 0 Å². The Balaban J connectivity index is 2.04. The molecule has 3 rings (SSSR count). The van der Waals surface area contributed by atoms with E-state index in [0.717, 1.165) is 13.8 Å². The number of amides is 3. The van der Waals surface area contributed by atoms with E-state index in [9.17, 15) is 14.4 Å². The SMILES string of the molecule is O=C(O)CCCN1C(=O)NC(c2ccc(Br)cc2)(c2ccc(Br)cc2)C1=O. The van der Waals surface area contributed by atoms with Crippen LogP contribution < -0.4 is 5.32 Å². The van der Waals surface area contributed by atoms with Crippen molar-refractivity contribution in [3.8, 4) is 0 Å². The molecule has 0 aliphatic carbocycles. The highest BCUT2D eigenvalue weighted by atomic mass is 79.9. The number of carbonyl (C=O) groups is 3. The van der Waals surface area contributed by atoms with E-state index < -0.39 is 23.4 Å². The first-order chi connectivity index (χ1) is 12.8. The molecule has 0 radical (unpaired) electrons. The second kappa shape index (κ2) is 7.82. The van der Waals surface area contributed by atoms with Gasteiger partial charge in [-0.3, -0.25) is 14.5 Å². The monoisotopic (exact) mass is 494 g/mol. The fourth-order valence-electron chi connectivity index (χ4n) is 3.13. The maximum absolute atomic E-state index is 13.4. The summed E-state index contributed by atoms with van der Waals surface area (Å²) in [6, 6.07) is 13.8. The third-order valence-electron chi connectivity index (χ3n) is 4.43. The third-order valence-corrected chi connectivity index (χ3v) is 5.49. The summed E-state index contributed by atoms with van der Waals surface area (Å²) in [5, 5.41) is 11.7. The summed E-state index contributed by atoms with van der Waals surface area (Å²) >= 11 is 6.76. The number of nitrogens with one attached hydrogen (secondary N) is 1. The number of nitrogens with zero attached hydrogens (tertiary/aromatic N) is 1. The van der Waals surface area contributed by atoms with Gasteiger partial charge < -0.3 is 10.4 Å². The van der Waals surface area contributed by atoms with Gasteiger partial charge in [-0.15, -0.1) is 0 Å². The van der Waals surface area contributed by atoms with Gasteiger partial charge in [0.05, 0.1) is 0 Å². The number of urea groups is 1. The number of rotatable bonds is 6. The van der Waals surface area contributed by atoms with E-state index in [2.05, 4.69) is 37.2 Å². The van der Waals surface area contributed by atoms with Crippen molar-refractivity contribution >= 4 is 49.8 Å². The van der Waals surface area contributed by atoms with Crippen LogP contribution in [-0.2, 0) is 15.1 Å². The molecular formula is C19H16Br2N2O4. The van der Waals surface area contributed by atoms with Crippen LogP contribution in [0.15, 0.2) is 57.5 Å². The highest BCUT2D eigenvalue weighted by Crippen LogP contribution is 2.37. The molecular weight excluding hydrogens is 480 g/mol. The molecule has 0 saturated carbocycles. The van der Waals surface area contributed by atoms with E-state index in [-0.39, 0.29) is 19.4 Å². The minimum atomic E-state index is -1.35. The van der Waals surface area contributed by atoms with Gasteiger partial charge in [0.2, 0.25) is 0 Å². The standard InChI is InChI=1S/C19H16Br2N2O4/c20-14-7-3-12(4-8-14)19(13-5-9-15(21)10-6-13)17(26)23(18(27)22-19)11-1-2-16(24)25/h3-10H,1-2,11H2,(H,22,27)(H,24,25). The van der Waals surface area contributed by atoms with Gasteiger partial charge in [-0.1, -0.05) is 56.1 Å². The Hall–Kier alpha value is -2.19. The van der Waals surface area contributed by atoms with E-state index in [4.69, 9.17) is 5.11 Å². The molecule has 0 aromatic heterocycles. The van der Waals surface area contributed by atoms with Gasteiger partial charge in [0.15, 0.2) is 5.54 Å². The number of carboxylic acid groups (broad SMARTS) is 1. The molecule has 1 saturated heterocycles. The Morgan fingerprint density at radius 1 is 0.963 bits per heavy atom. The van der Waals surface area contributed by atoms with Crippen LogP contribution in [0.1, 0.15) is 24.0 Å². The fraction of sp³-hybridized carbons (Fsp3) is 0.211. The second-order valence-corrected chi connectivity index (χ2v) is 7.98. The lowest BCUT2D eigenvalue weighted by Gasteiger charge is -2.28. The number of carbonyl (C=O) groups excluding carboxylic acids is 2. The zero-order valence-electron chi connectivity index (χ0n) is 14.1. The predicted octanol–water partition coefficient (Wildman–Crippen LogP) is 3.87. The molecule has 0 atom stereocenters. The van der Waals surface area contributed by atoms with Crippen molar-refractivity contribution < 1.29 is 19.5 Å². The van der Waals surface area contributed by atoms with Crippen LogP contribution in [0.3, 0.4) is 0 Å². The molecule has 8 heteroatoms. The van der Waals surface area contributed by atoms with E-state index >= 15 is 0 Å². The zero-order valence-corrected chi connectivity index (χ0v) is 17.3. The van der Waals surface area contributed by atoms with Gasteiger partial charge in [-0.25, -0.2) is 4.79 Å². The summed E-state index contributed by atoms with van der Waals surface area (Å²) in [5.41, 5.74) is -0.0824. The number of halogens is 2. The van der Waals surface area contributed by atoms with Crippen LogP contribution in [0.25, 0.3) is 0 Å². The van der Waals surface area contributed by atoms with Gasteiger partial charge >= 0.3 is 12.0 Å². The van der Waals surface area contributed by atoms with Crippen LogP contribution in [0.5, 0.6) is 0 Å². The van der Waals surface area contributed by atoms with Gasteiger partial charge in [0.25, 0.3) is 5.91 Å². The van der Waals surface area contributed by atoms with Gasteiger partial charge in [-0.05, 0) is 41.8 Å². The molecule has 0 bridgehead atoms. The molecule has 1 aliphatic rings. The fourth-order valence-corrected chi connectivity index (χ4v) is 3.65. The molecule has 140 valence electrons. The lowest BCUT2D eigenvalue weighted by atomic mass is 9.82. The predicted molar refractivity (Wildman–Crippen MR) is 106 cm³/mol. The summed E-state index contributed by atoms with van der Waals surface area (Å²) in [4.78, 5) is 37.8. The van der Waals surface area contributed by atoms with Crippen molar-refractivity contribution in [2.45, 2.75) is 18.4 Å². The summed E-state index contributed by atoms with van der Waals surface area (Å²) in [6.07, 6.45) is 0.0892. The van der Waals surface area contributed by atoms with E-state index in [1.54, 1.807) is 24.3 Å². The maximum atomic E-state index is 13.4. The summed E-state index contributed by atoms with van der Waals surface area (Å²) in [5.74, 6) is -1.38. The average molecular weight is 496 g/mol. The first kappa shape index (κ1) is 19.6. The molecule has 2 N–H and O–H groups in total. The smallest absolute Gasteiger partial charge is 0.325 e. The number of benzene rings is 2. The molecule has 2 aromatic carbocycles. The molecule has 1 heterocycles. The molecule has 3 amide bonds. The lowest BCUT2D eigenvalue weighted by Crippen LogP contribution is -2.45. The first-order valence-electron chi connectivity index (χ1n) is 8.22. The number of hydrogen-bond acceptors (Lipinski definition) is 3.